The van der Waals surface area contributed by atoms with Crippen molar-refractivity contribution in [1.29, 1.82) is 0 Å². The van der Waals surface area contributed by atoms with Gasteiger partial charge in [0.25, 0.3) is 5.91 Å². The van der Waals surface area contributed by atoms with Crippen molar-refractivity contribution >= 4 is 57.3 Å². The van der Waals surface area contributed by atoms with Crippen LogP contribution < -0.4 is 10.2 Å². The van der Waals surface area contributed by atoms with Crippen molar-refractivity contribution in [3.8, 4) is 18.1 Å². The van der Waals surface area contributed by atoms with E-state index < -0.39 is 0 Å². The largest absolute Gasteiger partial charge is 0.479 e. The van der Waals surface area contributed by atoms with Gasteiger partial charge in [-0.2, -0.15) is 5.10 Å². The van der Waals surface area contributed by atoms with E-state index in [9.17, 15) is 4.79 Å². The van der Waals surface area contributed by atoms with E-state index in [1.54, 1.807) is 6.21 Å². The second kappa shape index (κ2) is 10.2. The monoisotopic (exact) mass is 553 g/mol. The van der Waals surface area contributed by atoms with E-state index in [1.165, 1.54) is 0 Å². The summed E-state index contributed by atoms with van der Waals surface area (Å²) in [7, 11) is 0. The number of hydrazone groups is 1. The molecular formula is C16H17I2N3O3. The van der Waals surface area contributed by atoms with Crippen LogP contribution in [0.25, 0.3) is 0 Å². The molecule has 128 valence electrons. The molecule has 6 nitrogen and oxygen atoms in total. The highest BCUT2D eigenvalue weighted by Crippen LogP contribution is 2.28. The molecule has 1 aliphatic rings. The third-order valence-corrected chi connectivity index (χ3v) is 4.80. The lowest BCUT2D eigenvalue weighted by atomic mass is 10.2. The molecule has 1 amide bonds. The van der Waals surface area contributed by atoms with Gasteiger partial charge in [-0.1, -0.05) is 5.92 Å². The fourth-order valence-electron chi connectivity index (χ4n) is 2.08. The van der Waals surface area contributed by atoms with Gasteiger partial charge in [0, 0.05) is 13.1 Å². The lowest BCUT2D eigenvalue weighted by Crippen LogP contribution is -2.42. The smallest absolute Gasteiger partial charge is 0.254 e. The number of nitrogens with zero attached hydrogens (tertiary/aromatic N) is 2. The number of benzene rings is 1. The Morgan fingerprint density at radius 3 is 2.71 bits per heavy atom. The summed E-state index contributed by atoms with van der Waals surface area (Å²) in [6.07, 6.45) is 6.83. The standard InChI is InChI=1S/C16H17I2N3O3/c1-2-5-24-16-13(17)8-12(9-14(16)18)10-19-20-15(22)11-21-3-6-23-7-4-21/h1,8-10H,3-7,11H2,(H,20,22)/b19-10+. The highest BCUT2D eigenvalue weighted by molar-refractivity contribution is 14.1. The fourth-order valence-corrected chi connectivity index (χ4v) is 4.21. The number of ether oxygens (including phenoxy) is 2. The number of morpholine rings is 1. The molecule has 0 spiro atoms. The number of nitrogens with one attached hydrogen (secondary N) is 1. The van der Waals surface area contributed by atoms with Crippen LogP contribution in [-0.2, 0) is 9.53 Å². The van der Waals surface area contributed by atoms with Crippen LogP contribution in [-0.4, -0.2) is 56.5 Å². The van der Waals surface area contributed by atoms with E-state index in [0.717, 1.165) is 31.5 Å². The van der Waals surface area contributed by atoms with Crippen LogP contribution >= 0.6 is 45.2 Å². The number of halogens is 2. The third-order valence-electron chi connectivity index (χ3n) is 3.19. The predicted molar refractivity (Wildman–Crippen MR) is 109 cm³/mol. The van der Waals surface area contributed by atoms with Crippen molar-refractivity contribution in [3.63, 3.8) is 0 Å². The van der Waals surface area contributed by atoms with E-state index in [1.807, 2.05) is 17.0 Å². The Morgan fingerprint density at radius 1 is 1.42 bits per heavy atom. The van der Waals surface area contributed by atoms with Crippen LogP contribution in [0.4, 0.5) is 0 Å². The minimum Gasteiger partial charge on any atom is -0.479 e. The summed E-state index contributed by atoms with van der Waals surface area (Å²) < 4.78 is 12.7. The van der Waals surface area contributed by atoms with E-state index >= 15 is 0 Å². The van der Waals surface area contributed by atoms with Crippen LogP contribution in [0.15, 0.2) is 17.2 Å². The highest BCUT2D eigenvalue weighted by Gasteiger charge is 2.13. The summed E-state index contributed by atoms with van der Waals surface area (Å²) in [4.78, 5) is 13.9. The minimum atomic E-state index is -0.133. The first-order valence-electron chi connectivity index (χ1n) is 7.27. The van der Waals surface area contributed by atoms with Crippen molar-refractivity contribution < 1.29 is 14.3 Å². The Hall–Kier alpha value is -0.900. The van der Waals surface area contributed by atoms with E-state index in [0.29, 0.717) is 19.8 Å². The summed E-state index contributed by atoms with van der Waals surface area (Å²) in [5.74, 6) is 3.08. The Morgan fingerprint density at radius 2 is 2.08 bits per heavy atom. The van der Waals surface area contributed by atoms with Crippen LogP contribution in [0.1, 0.15) is 5.56 Å². The molecule has 1 fully saturated rings. The van der Waals surface area contributed by atoms with Crippen molar-refractivity contribution in [2.75, 3.05) is 39.5 Å². The third kappa shape index (κ3) is 6.19. The van der Waals surface area contributed by atoms with Crippen molar-refractivity contribution in [2.24, 2.45) is 5.10 Å². The van der Waals surface area contributed by atoms with Crippen LogP contribution in [0.2, 0.25) is 0 Å². The Kier molecular flexibility index (Phi) is 8.23. The first-order valence-corrected chi connectivity index (χ1v) is 9.43. The van der Waals surface area contributed by atoms with Crippen LogP contribution in [0.5, 0.6) is 5.75 Å². The Bertz CT molecular complexity index is 629. The zero-order valence-electron chi connectivity index (χ0n) is 12.9. The van der Waals surface area contributed by atoms with Crippen LogP contribution in [0, 0.1) is 19.5 Å². The minimum absolute atomic E-state index is 0.133. The molecule has 1 aromatic rings. The Labute approximate surface area is 168 Å². The average Bonchev–Trinajstić information content (AvgIpc) is 2.55. The maximum atomic E-state index is 11.9. The van der Waals surface area contributed by atoms with Gasteiger partial charge < -0.3 is 9.47 Å². The molecule has 0 atom stereocenters. The van der Waals surface area contributed by atoms with Gasteiger partial charge in [0.05, 0.1) is 33.1 Å². The Balaban J connectivity index is 1.89. The first-order chi connectivity index (χ1) is 11.6. The maximum Gasteiger partial charge on any atom is 0.254 e. The summed E-state index contributed by atoms with van der Waals surface area (Å²) in [6, 6.07) is 3.85. The van der Waals surface area contributed by atoms with E-state index in [-0.39, 0.29) is 12.5 Å². The van der Waals surface area contributed by atoms with Gasteiger partial charge in [-0.25, -0.2) is 5.43 Å². The topological polar surface area (TPSA) is 63.2 Å². The highest BCUT2D eigenvalue weighted by atomic mass is 127. The molecule has 0 saturated carbocycles. The number of carbonyl (C=O) groups is 1. The molecule has 0 aromatic heterocycles. The number of hydrogen-bond donors (Lipinski definition) is 1. The molecule has 1 aromatic carbocycles. The molecule has 1 saturated heterocycles. The normalized spacial score (nSPS) is 15.2. The number of terminal acetylenes is 1. The van der Waals surface area contributed by atoms with Gasteiger partial charge in [0.1, 0.15) is 12.4 Å². The summed E-state index contributed by atoms with van der Waals surface area (Å²) in [6.45, 7) is 3.44. The lowest BCUT2D eigenvalue weighted by Gasteiger charge is -2.25. The maximum absolute atomic E-state index is 11.9. The molecule has 1 heterocycles. The lowest BCUT2D eigenvalue weighted by molar-refractivity contribution is -0.123. The van der Waals surface area contributed by atoms with Gasteiger partial charge in [0.2, 0.25) is 0 Å². The molecule has 0 bridgehead atoms. The summed E-state index contributed by atoms with van der Waals surface area (Å²) in [5, 5.41) is 4.02. The predicted octanol–water partition coefficient (Wildman–Crippen LogP) is 1.69. The molecule has 2 rings (SSSR count). The van der Waals surface area contributed by atoms with E-state index in [4.69, 9.17) is 15.9 Å². The molecule has 1 N–H and O–H groups in total. The fraction of sp³-hybridized carbons (Fsp3) is 0.375. The van der Waals surface area contributed by atoms with Gasteiger partial charge in [-0.3, -0.25) is 9.69 Å². The average molecular weight is 553 g/mol. The van der Waals surface area contributed by atoms with Crippen molar-refractivity contribution in [1.82, 2.24) is 10.3 Å². The van der Waals surface area contributed by atoms with Crippen molar-refractivity contribution in [2.45, 2.75) is 0 Å². The second-order valence-corrected chi connectivity index (χ2v) is 7.31. The molecule has 0 radical (unpaired) electrons. The number of amides is 1. The SMILES string of the molecule is C#CCOc1c(I)cc(/C=N/NC(=O)CN2CCOCC2)cc1I. The number of hydrogen-bond acceptors (Lipinski definition) is 5. The molecule has 0 unspecified atom stereocenters. The van der Waals surface area contributed by atoms with E-state index in [2.05, 4.69) is 61.6 Å². The summed E-state index contributed by atoms with van der Waals surface area (Å²) in [5.41, 5.74) is 3.43. The molecule has 24 heavy (non-hydrogen) atoms. The number of rotatable bonds is 6. The quantitative estimate of drug-likeness (QED) is 0.252. The van der Waals surface area contributed by atoms with Crippen LogP contribution in [0.3, 0.4) is 0 Å². The molecule has 1 aliphatic heterocycles. The van der Waals surface area contributed by atoms with Gasteiger partial charge >= 0.3 is 0 Å². The molecule has 8 heteroatoms. The molecular weight excluding hydrogens is 536 g/mol. The first kappa shape index (κ1) is 19.4. The number of carbonyl (C=O) groups excluding carboxylic acids is 1. The van der Waals surface area contributed by atoms with Gasteiger partial charge in [-0.15, -0.1) is 6.42 Å². The summed E-state index contributed by atoms with van der Waals surface area (Å²) >= 11 is 4.37. The zero-order valence-corrected chi connectivity index (χ0v) is 17.2. The van der Waals surface area contributed by atoms with Gasteiger partial charge in [-0.05, 0) is 62.9 Å². The van der Waals surface area contributed by atoms with Gasteiger partial charge in [0.15, 0.2) is 0 Å². The second-order valence-electron chi connectivity index (χ2n) is 4.99. The molecule has 0 aliphatic carbocycles. The zero-order chi connectivity index (χ0) is 17.4. The van der Waals surface area contributed by atoms with Crippen molar-refractivity contribution in [3.05, 3.63) is 24.8 Å².